The molecule has 0 spiro atoms. The minimum Gasteiger partial charge on any atom is -0.490 e. The van der Waals surface area contributed by atoms with E-state index in [0.717, 1.165) is 24.8 Å². The zero-order valence-corrected chi connectivity index (χ0v) is 14.6. The quantitative estimate of drug-likeness (QED) is 0.574. The van der Waals surface area contributed by atoms with Crippen molar-refractivity contribution in [2.75, 3.05) is 6.61 Å². The summed E-state index contributed by atoms with van der Waals surface area (Å²) in [6.07, 6.45) is 7.31. The Morgan fingerprint density at radius 2 is 1.84 bits per heavy atom. The van der Waals surface area contributed by atoms with Gasteiger partial charge in [0.15, 0.2) is 11.5 Å². The van der Waals surface area contributed by atoms with Gasteiger partial charge in [-0.3, -0.25) is 0 Å². The Labute approximate surface area is 147 Å². The number of ether oxygens (including phenoxy) is 2. The largest absolute Gasteiger partial charge is 0.573 e. The highest BCUT2D eigenvalue weighted by Gasteiger charge is 2.33. The highest BCUT2D eigenvalue weighted by Crippen LogP contribution is 2.39. The zero-order chi connectivity index (χ0) is 17.9. The summed E-state index contributed by atoms with van der Waals surface area (Å²) in [4.78, 5) is 0. The molecule has 138 valence electrons. The molecule has 2 nitrogen and oxygen atoms in total. The number of hydrogen-bond donors (Lipinski definition) is 0. The van der Waals surface area contributed by atoms with Crippen LogP contribution in [0, 0.1) is 18.8 Å². The van der Waals surface area contributed by atoms with Gasteiger partial charge in [-0.05, 0) is 49.7 Å². The lowest BCUT2D eigenvalue weighted by Crippen LogP contribution is -2.19. The van der Waals surface area contributed by atoms with Crippen LogP contribution >= 0.6 is 0 Å². The van der Waals surface area contributed by atoms with Gasteiger partial charge in [-0.2, -0.15) is 0 Å². The van der Waals surface area contributed by atoms with E-state index in [0.29, 0.717) is 24.0 Å². The number of rotatable bonds is 7. The van der Waals surface area contributed by atoms with E-state index in [1.54, 1.807) is 13.0 Å². The lowest BCUT2D eigenvalue weighted by molar-refractivity contribution is -0.275. The average molecular weight is 354 g/mol. The first-order valence-electron chi connectivity index (χ1n) is 9.13. The lowest BCUT2D eigenvalue weighted by atomic mass is 9.83. The van der Waals surface area contributed by atoms with Crippen LogP contribution < -0.4 is 9.47 Å². The molecule has 2 aliphatic carbocycles. The molecule has 0 atom stereocenters. The van der Waals surface area contributed by atoms with Gasteiger partial charge >= 0.3 is 6.36 Å². The molecule has 0 aromatic heterocycles. The van der Waals surface area contributed by atoms with Crippen molar-refractivity contribution in [3.8, 4) is 11.5 Å². The number of halogens is 3. The standard InChI is InChI=1S/C20H25F3O2/c1-14-17(9-8-15-4-2-5-15)10-11-18(19(14)25-20(21,22)23)24-13-12-16-6-3-7-16/h8-11,15-16H,2-7,12-13H2,1H3/b9-8+. The predicted octanol–water partition coefficient (Wildman–Crippen LogP) is 6.28. The van der Waals surface area contributed by atoms with Gasteiger partial charge in [-0.15, -0.1) is 13.2 Å². The normalized spacial score (nSPS) is 18.9. The summed E-state index contributed by atoms with van der Waals surface area (Å²) < 4.78 is 48.4. The molecular weight excluding hydrogens is 329 g/mol. The SMILES string of the molecule is Cc1c(/C=C/C2CCC2)ccc(OCCC2CCC2)c1OC(F)(F)F. The van der Waals surface area contributed by atoms with Crippen molar-refractivity contribution in [3.05, 3.63) is 29.3 Å². The first-order valence-corrected chi connectivity index (χ1v) is 9.13. The number of benzene rings is 1. The van der Waals surface area contributed by atoms with Crippen LogP contribution in [0.4, 0.5) is 13.2 Å². The Morgan fingerprint density at radius 1 is 1.12 bits per heavy atom. The van der Waals surface area contributed by atoms with Crippen LogP contribution in [-0.4, -0.2) is 13.0 Å². The maximum Gasteiger partial charge on any atom is 0.573 e. The molecule has 3 rings (SSSR count). The summed E-state index contributed by atoms with van der Waals surface area (Å²) in [5.41, 5.74) is 1.21. The van der Waals surface area contributed by atoms with E-state index in [2.05, 4.69) is 10.8 Å². The Bertz CT molecular complexity index is 614. The maximum absolute atomic E-state index is 12.8. The molecule has 2 saturated carbocycles. The van der Waals surface area contributed by atoms with Gasteiger partial charge in [-0.25, -0.2) is 0 Å². The van der Waals surface area contributed by atoms with E-state index in [1.807, 2.05) is 12.1 Å². The van der Waals surface area contributed by atoms with Gasteiger partial charge in [-0.1, -0.05) is 43.9 Å². The summed E-state index contributed by atoms with van der Waals surface area (Å²) in [5, 5.41) is 0. The molecule has 1 aromatic carbocycles. The van der Waals surface area contributed by atoms with Crippen molar-refractivity contribution in [1.29, 1.82) is 0 Å². The minimum absolute atomic E-state index is 0.176. The van der Waals surface area contributed by atoms with Crippen molar-refractivity contribution >= 4 is 6.08 Å². The third-order valence-corrected chi connectivity index (χ3v) is 5.34. The molecule has 5 heteroatoms. The lowest BCUT2D eigenvalue weighted by Gasteiger charge is -2.25. The smallest absolute Gasteiger partial charge is 0.490 e. The van der Waals surface area contributed by atoms with Gasteiger partial charge in [0.25, 0.3) is 0 Å². The van der Waals surface area contributed by atoms with Crippen molar-refractivity contribution in [2.45, 2.75) is 58.2 Å². The Hall–Kier alpha value is -1.65. The van der Waals surface area contributed by atoms with E-state index in [9.17, 15) is 13.2 Å². The molecule has 0 radical (unpaired) electrons. The fourth-order valence-electron chi connectivity index (χ4n) is 3.21. The van der Waals surface area contributed by atoms with Gasteiger partial charge in [0.2, 0.25) is 0 Å². The number of alkyl halides is 3. The van der Waals surface area contributed by atoms with Crippen LogP contribution in [0.1, 0.15) is 56.1 Å². The van der Waals surface area contributed by atoms with Gasteiger partial charge in [0, 0.05) is 5.56 Å². The molecule has 0 amide bonds. The molecule has 0 bridgehead atoms. The molecule has 0 unspecified atom stereocenters. The second kappa shape index (κ2) is 7.71. The molecule has 2 fully saturated rings. The van der Waals surface area contributed by atoms with Crippen LogP contribution in [0.5, 0.6) is 11.5 Å². The second-order valence-corrected chi connectivity index (χ2v) is 7.14. The summed E-state index contributed by atoms with van der Waals surface area (Å²) in [7, 11) is 0. The van der Waals surface area contributed by atoms with Gasteiger partial charge in [0.05, 0.1) is 6.61 Å². The summed E-state index contributed by atoms with van der Waals surface area (Å²) in [6.45, 7) is 2.08. The molecular formula is C20H25F3O2. The van der Waals surface area contributed by atoms with Crippen LogP contribution in [0.15, 0.2) is 18.2 Å². The molecule has 0 saturated heterocycles. The van der Waals surface area contributed by atoms with E-state index in [-0.39, 0.29) is 11.5 Å². The highest BCUT2D eigenvalue weighted by molar-refractivity contribution is 5.62. The summed E-state index contributed by atoms with van der Waals surface area (Å²) in [5.74, 6) is 1.16. The fourth-order valence-corrected chi connectivity index (χ4v) is 3.21. The van der Waals surface area contributed by atoms with Crippen molar-refractivity contribution in [2.24, 2.45) is 11.8 Å². The van der Waals surface area contributed by atoms with Crippen LogP contribution in [0.25, 0.3) is 6.08 Å². The Kier molecular flexibility index (Phi) is 5.60. The Morgan fingerprint density at radius 3 is 2.40 bits per heavy atom. The zero-order valence-electron chi connectivity index (χ0n) is 14.6. The summed E-state index contributed by atoms with van der Waals surface area (Å²) >= 11 is 0. The number of hydrogen-bond acceptors (Lipinski definition) is 2. The highest BCUT2D eigenvalue weighted by atomic mass is 19.4. The fraction of sp³-hybridized carbons (Fsp3) is 0.600. The molecule has 0 aliphatic heterocycles. The van der Waals surface area contributed by atoms with Crippen LogP contribution in [-0.2, 0) is 0 Å². The van der Waals surface area contributed by atoms with Crippen molar-refractivity contribution in [3.63, 3.8) is 0 Å². The average Bonchev–Trinajstić information content (AvgIpc) is 2.44. The molecule has 2 aliphatic rings. The van der Waals surface area contributed by atoms with Crippen LogP contribution in [0.2, 0.25) is 0 Å². The second-order valence-electron chi connectivity index (χ2n) is 7.14. The van der Waals surface area contributed by atoms with Crippen LogP contribution in [0.3, 0.4) is 0 Å². The van der Waals surface area contributed by atoms with Crippen molar-refractivity contribution < 1.29 is 22.6 Å². The molecule has 25 heavy (non-hydrogen) atoms. The van der Waals surface area contributed by atoms with Crippen molar-refractivity contribution in [1.82, 2.24) is 0 Å². The first kappa shape index (κ1) is 18.2. The van der Waals surface area contributed by atoms with Gasteiger partial charge in [0.1, 0.15) is 0 Å². The third kappa shape index (κ3) is 4.93. The monoisotopic (exact) mass is 354 g/mol. The van der Waals surface area contributed by atoms with E-state index >= 15 is 0 Å². The summed E-state index contributed by atoms with van der Waals surface area (Å²) in [6, 6.07) is 3.40. The molecule has 1 aromatic rings. The number of allylic oxidation sites excluding steroid dienone is 1. The predicted molar refractivity (Wildman–Crippen MR) is 91.7 cm³/mol. The Balaban J connectivity index is 1.74. The molecule has 0 heterocycles. The van der Waals surface area contributed by atoms with Gasteiger partial charge < -0.3 is 9.47 Å². The van der Waals surface area contributed by atoms with E-state index < -0.39 is 6.36 Å². The third-order valence-electron chi connectivity index (χ3n) is 5.34. The maximum atomic E-state index is 12.8. The molecule has 0 N–H and O–H groups in total. The minimum atomic E-state index is -4.73. The first-order chi connectivity index (χ1) is 11.9. The van der Waals surface area contributed by atoms with E-state index in [4.69, 9.17) is 4.74 Å². The topological polar surface area (TPSA) is 18.5 Å². The van der Waals surface area contributed by atoms with E-state index in [1.165, 1.54) is 25.7 Å².